The zero-order chi connectivity index (χ0) is 19.0. The number of rotatable bonds is 11. The molecule has 0 aromatic heterocycles. The van der Waals surface area contributed by atoms with Crippen LogP contribution >= 0.6 is 0 Å². The van der Waals surface area contributed by atoms with E-state index in [9.17, 15) is 19.8 Å². The van der Waals surface area contributed by atoms with Gasteiger partial charge in [0.05, 0.1) is 11.1 Å². The van der Waals surface area contributed by atoms with Gasteiger partial charge in [-0.25, -0.2) is 9.59 Å². The Morgan fingerprint density at radius 2 is 1.48 bits per heavy atom. The van der Waals surface area contributed by atoms with Gasteiger partial charge in [-0.2, -0.15) is 0 Å². The molecule has 0 atom stereocenters. The van der Waals surface area contributed by atoms with Gasteiger partial charge in [-0.1, -0.05) is 65.9 Å². The molecule has 0 saturated heterocycles. The van der Waals surface area contributed by atoms with Crippen LogP contribution in [0.15, 0.2) is 12.1 Å². The van der Waals surface area contributed by atoms with Crippen molar-refractivity contribution in [1.82, 2.24) is 0 Å². The maximum Gasteiger partial charge on any atom is 0.336 e. The van der Waals surface area contributed by atoms with Crippen LogP contribution < -0.4 is 0 Å². The van der Waals surface area contributed by atoms with Crippen LogP contribution in [0.25, 0.3) is 0 Å². The third kappa shape index (κ3) is 6.52. The number of carbonyl (C=O) groups is 2. The summed E-state index contributed by atoms with van der Waals surface area (Å²) >= 11 is 0. The molecule has 0 spiro atoms. The highest BCUT2D eigenvalue weighted by atomic mass is 16.4. The molecule has 0 saturated carbocycles. The summed E-state index contributed by atoms with van der Waals surface area (Å²) in [5.74, 6) is -1.41. The minimum absolute atomic E-state index is 0.0292. The van der Waals surface area contributed by atoms with Gasteiger partial charge in [-0.15, -0.1) is 0 Å². The molecule has 1 aromatic carbocycles. The normalized spacial score (nSPS) is 11.3. The third-order valence-corrected chi connectivity index (χ3v) is 4.62. The highest BCUT2D eigenvalue weighted by Gasteiger charge is 2.23. The molecule has 1 aromatic rings. The van der Waals surface area contributed by atoms with Gasteiger partial charge < -0.3 is 10.2 Å². The number of hydrogen-bond donors (Lipinski definition) is 2. The first kappa shape index (κ1) is 21.2. The van der Waals surface area contributed by atoms with E-state index < -0.39 is 11.9 Å². The largest absolute Gasteiger partial charge is 0.478 e. The molecule has 0 aliphatic rings. The molecule has 0 fully saturated rings. The Kier molecular flexibility index (Phi) is 8.67. The summed E-state index contributed by atoms with van der Waals surface area (Å²) in [6.07, 6.45) is 7.41. The molecule has 0 aliphatic carbocycles. The van der Waals surface area contributed by atoms with Gasteiger partial charge in [0.1, 0.15) is 0 Å². The van der Waals surface area contributed by atoms with Crippen molar-refractivity contribution >= 4 is 11.9 Å². The van der Waals surface area contributed by atoms with Crippen molar-refractivity contribution in [2.45, 2.75) is 78.6 Å². The van der Waals surface area contributed by atoms with Crippen molar-refractivity contribution in [1.29, 1.82) is 0 Å². The fourth-order valence-electron chi connectivity index (χ4n) is 3.28. The topological polar surface area (TPSA) is 74.6 Å². The summed E-state index contributed by atoms with van der Waals surface area (Å²) in [7, 11) is 0. The van der Waals surface area contributed by atoms with E-state index in [0.717, 1.165) is 30.7 Å². The minimum Gasteiger partial charge on any atom is -0.478 e. The SMILES string of the molecule is CC(C)CCCCCCCc1c(C(C)C)ccc(C(=O)O)c1C(=O)O. The summed E-state index contributed by atoms with van der Waals surface area (Å²) in [6.45, 7) is 8.49. The molecule has 0 bridgehead atoms. The van der Waals surface area contributed by atoms with Crippen LogP contribution in [-0.4, -0.2) is 22.2 Å². The molecular formula is C21H32O4. The summed E-state index contributed by atoms with van der Waals surface area (Å²) in [5, 5.41) is 18.9. The van der Waals surface area contributed by atoms with Crippen molar-refractivity contribution in [3.8, 4) is 0 Å². The molecule has 140 valence electrons. The van der Waals surface area contributed by atoms with E-state index in [1.54, 1.807) is 6.07 Å². The van der Waals surface area contributed by atoms with Crippen molar-refractivity contribution in [2.75, 3.05) is 0 Å². The van der Waals surface area contributed by atoms with Crippen molar-refractivity contribution in [2.24, 2.45) is 5.92 Å². The van der Waals surface area contributed by atoms with Gasteiger partial charge >= 0.3 is 11.9 Å². The van der Waals surface area contributed by atoms with Gasteiger partial charge in [-0.3, -0.25) is 0 Å². The number of carboxylic acids is 2. The average Bonchev–Trinajstić information content (AvgIpc) is 2.52. The van der Waals surface area contributed by atoms with Crippen LogP contribution in [0.3, 0.4) is 0 Å². The first-order valence-corrected chi connectivity index (χ1v) is 9.38. The molecule has 25 heavy (non-hydrogen) atoms. The number of unbranched alkanes of at least 4 members (excludes halogenated alkanes) is 4. The highest BCUT2D eigenvalue weighted by Crippen LogP contribution is 2.28. The second-order valence-corrected chi connectivity index (χ2v) is 7.52. The maximum absolute atomic E-state index is 11.7. The van der Waals surface area contributed by atoms with Crippen LogP contribution in [0, 0.1) is 5.92 Å². The van der Waals surface area contributed by atoms with Gasteiger partial charge in [-0.05, 0) is 41.9 Å². The first-order chi connectivity index (χ1) is 11.8. The summed E-state index contributed by atoms with van der Waals surface area (Å²) in [6, 6.07) is 3.20. The average molecular weight is 348 g/mol. The van der Waals surface area contributed by atoms with Crippen LogP contribution in [0.4, 0.5) is 0 Å². The minimum atomic E-state index is -1.18. The van der Waals surface area contributed by atoms with Crippen LogP contribution in [0.5, 0.6) is 0 Å². The number of carboxylic acid groups (broad SMARTS) is 2. The van der Waals surface area contributed by atoms with Crippen LogP contribution in [0.1, 0.15) is 104 Å². The molecule has 2 N–H and O–H groups in total. The van der Waals surface area contributed by atoms with Gasteiger partial charge in [0, 0.05) is 0 Å². The van der Waals surface area contributed by atoms with E-state index in [0.29, 0.717) is 12.0 Å². The molecule has 4 nitrogen and oxygen atoms in total. The summed E-state index contributed by atoms with van der Waals surface area (Å²) in [4.78, 5) is 23.1. The van der Waals surface area contributed by atoms with Gasteiger partial charge in [0.2, 0.25) is 0 Å². The smallest absolute Gasteiger partial charge is 0.336 e. The van der Waals surface area contributed by atoms with Crippen molar-refractivity contribution < 1.29 is 19.8 Å². The number of hydrogen-bond acceptors (Lipinski definition) is 2. The van der Waals surface area contributed by atoms with Crippen molar-refractivity contribution in [3.63, 3.8) is 0 Å². The van der Waals surface area contributed by atoms with Crippen molar-refractivity contribution in [3.05, 3.63) is 34.4 Å². The Hall–Kier alpha value is -1.84. The van der Waals surface area contributed by atoms with E-state index in [-0.39, 0.29) is 17.0 Å². The van der Waals surface area contributed by atoms with Crippen LogP contribution in [0.2, 0.25) is 0 Å². The van der Waals surface area contributed by atoms with E-state index in [1.165, 1.54) is 25.3 Å². The Morgan fingerprint density at radius 1 is 0.880 bits per heavy atom. The summed E-state index contributed by atoms with van der Waals surface area (Å²) in [5.41, 5.74) is 1.51. The molecule has 0 unspecified atom stereocenters. The quantitative estimate of drug-likeness (QED) is 0.500. The molecule has 0 aliphatic heterocycles. The number of benzene rings is 1. The molecule has 0 radical (unpaired) electrons. The van der Waals surface area contributed by atoms with Crippen LogP contribution in [-0.2, 0) is 6.42 Å². The van der Waals surface area contributed by atoms with E-state index in [1.807, 2.05) is 13.8 Å². The second kappa shape index (κ2) is 10.2. The van der Waals surface area contributed by atoms with E-state index in [2.05, 4.69) is 13.8 Å². The van der Waals surface area contributed by atoms with Gasteiger partial charge in [0.15, 0.2) is 0 Å². The lowest BCUT2D eigenvalue weighted by Gasteiger charge is -2.17. The lowest BCUT2D eigenvalue weighted by Crippen LogP contribution is -2.14. The Morgan fingerprint density at radius 3 is 2.00 bits per heavy atom. The lowest BCUT2D eigenvalue weighted by atomic mass is 9.87. The molecule has 1 rings (SSSR count). The standard InChI is InChI=1S/C21H32O4/c1-14(2)10-8-6-5-7-9-11-17-16(15(3)4)12-13-18(20(22)23)19(17)21(24)25/h12-15H,5-11H2,1-4H3,(H,22,23)(H,24,25). The Bertz CT molecular complexity index is 588. The lowest BCUT2D eigenvalue weighted by molar-refractivity contribution is 0.0650. The predicted octanol–water partition coefficient (Wildman–Crippen LogP) is 5.75. The zero-order valence-electron chi connectivity index (χ0n) is 16.0. The molecule has 4 heteroatoms. The predicted molar refractivity (Wildman–Crippen MR) is 101 cm³/mol. The Balaban J connectivity index is 2.83. The highest BCUT2D eigenvalue weighted by molar-refractivity contribution is 6.03. The van der Waals surface area contributed by atoms with Gasteiger partial charge in [0.25, 0.3) is 0 Å². The number of aromatic carboxylic acids is 2. The maximum atomic E-state index is 11.7. The summed E-state index contributed by atoms with van der Waals surface area (Å²) < 4.78 is 0. The fourth-order valence-corrected chi connectivity index (χ4v) is 3.28. The zero-order valence-corrected chi connectivity index (χ0v) is 16.0. The second-order valence-electron chi connectivity index (χ2n) is 7.52. The molecular weight excluding hydrogens is 316 g/mol. The first-order valence-electron chi connectivity index (χ1n) is 9.38. The fraction of sp³-hybridized carbons (Fsp3) is 0.619. The third-order valence-electron chi connectivity index (χ3n) is 4.62. The molecule has 0 heterocycles. The van der Waals surface area contributed by atoms with E-state index >= 15 is 0 Å². The monoisotopic (exact) mass is 348 g/mol. The van der Waals surface area contributed by atoms with E-state index in [4.69, 9.17) is 0 Å². The molecule has 0 amide bonds. The Labute approximate surface area is 151 Å².